The van der Waals surface area contributed by atoms with E-state index in [1.54, 1.807) is 42.5 Å². The van der Waals surface area contributed by atoms with Crippen LogP contribution < -0.4 is 20.1 Å². The van der Waals surface area contributed by atoms with Crippen molar-refractivity contribution in [1.29, 1.82) is 0 Å². The summed E-state index contributed by atoms with van der Waals surface area (Å²) in [4.78, 5) is 35.4. The number of anilines is 1. The number of methoxy groups -OCH3 is 1. The Hall–Kier alpha value is -4.53. The van der Waals surface area contributed by atoms with Crippen LogP contribution in [0.25, 0.3) is 0 Å². The molecule has 2 amide bonds. The fraction of sp³-hybridized carbons (Fsp3) is 0.276. The standard InChI is InChI=1S/C29H30N2O7/c1-36-29(35)31-25-8-4-5-9-26(25)38-22-16-14-21(15-17-22)37-20-12-10-19(11-13-20)18-27(32)30-24-7-3-2-6-23(24)28(33)34/h2-3,6-7,10-17,25-26H,4-5,8-9,18H2,1H3,(H,30,32)(H,31,35)(H,33,34)/t25-,26-/m0/s1. The van der Waals surface area contributed by atoms with Crippen molar-refractivity contribution in [2.24, 2.45) is 0 Å². The van der Waals surface area contributed by atoms with Crippen LogP contribution in [-0.2, 0) is 16.0 Å². The molecule has 9 heteroatoms. The number of nitrogens with one attached hydrogen (secondary N) is 2. The molecule has 198 valence electrons. The minimum absolute atomic E-state index is 0.0393. The van der Waals surface area contributed by atoms with Crippen LogP contribution in [0.4, 0.5) is 10.5 Å². The topological polar surface area (TPSA) is 123 Å². The molecule has 2 atom stereocenters. The van der Waals surface area contributed by atoms with Crippen molar-refractivity contribution in [1.82, 2.24) is 5.32 Å². The number of amides is 2. The molecule has 1 aliphatic carbocycles. The van der Waals surface area contributed by atoms with Gasteiger partial charge in [-0.1, -0.05) is 30.7 Å². The molecule has 0 heterocycles. The smallest absolute Gasteiger partial charge is 0.407 e. The molecule has 0 aromatic heterocycles. The molecule has 1 aliphatic rings. The highest BCUT2D eigenvalue weighted by molar-refractivity contribution is 6.01. The number of ether oxygens (including phenoxy) is 3. The minimum Gasteiger partial charge on any atom is -0.488 e. The fourth-order valence-electron chi connectivity index (χ4n) is 4.34. The lowest BCUT2D eigenvalue weighted by atomic mass is 9.92. The number of hydrogen-bond donors (Lipinski definition) is 3. The average Bonchev–Trinajstić information content (AvgIpc) is 2.92. The van der Waals surface area contributed by atoms with E-state index < -0.39 is 12.1 Å². The Bertz CT molecular complexity index is 1260. The Labute approximate surface area is 220 Å². The molecule has 0 saturated heterocycles. The Balaban J connectivity index is 1.30. The normalized spacial score (nSPS) is 16.7. The maximum Gasteiger partial charge on any atom is 0.407 e. The van der Waals surface area contributed by atoms with Gasteiger partial charge in [0.1, 0.15) is 23.4 Å². The zero-order valence-electron chi connectivity index (χ0n) is 21.0. The summed E-state index contributed by atoms with van der Waals surface area (Å²) < 4.78 is 16.8. The number of carboxylic acids is 1. The first-order valence-electron chi connectivity index (χ1n) is 12.4. The molecule has 1 fully saturated rings. The van der Waals surface area contributed by atoms with Crippen LogP contribution >= 0.6 is 0 Å². The number of carboxylic acid groups (broad SMARTS) is 1. The summed E-state index contributed by atoms with van der Waals surface area (Å²) in [6, 6.07) is 20.5. The molecule has 3 N–H and O–H groups in total. The molecule has 3 aromatic rings. The van der Waals surface area contributed by atoms with E-state index in [-0.39, 0.29) is 35.7 Å². The van der Waals surface area contributed by atoms with E-state index in [0.717, 1.165) is 31.2 Å². The summed E-state index contributed by atoms with van der Waals surface area (Å²) >= 11 is 0. The molecule has 4 rings (SSSR count). The first-order valence-corrected chi connectivity index (χ1v) is 12.4. The molecule has 0 unspecified atom stereocenters. The van der Waals surface area contributed by atoms with Gasteiger partial charge >= 0.3 is 12.1 Å². The Morgan fingerprint density at radius 1 is 0.868 bits per heavy atom. The van der Waals surface area contributed by atoms with Crippen molar-refractivity contribution in [3.63, 3.8) is 0 Å². The van der Waals surface area contributed by atoms with Gasteiger partial charge in [0.05, 0.1) is 30.8 Å². The number of para-hydroxylation sites is 1. The van der Waals surface area contributed by atoms with E-state index in [1.807, 2.05) is 24.3 Å². The number of carbonyl (C=O) groups excluding carboxylic acids is 2. The highest BCUT2D eigenvalue weighted by atomic mass is 16.5. The molecule has 38 heavy (non-hydrogen) atoms. The van der Waals surface area contributed by atoms with Crippen LogP contribution in [0.3, 0.4) is 0 Å². The molecule has 0 bridgehead atoms. The molecule has 0 aliphatic heterocycles. The van der Waals surface area contributed by atoms with Crippen LogP contribution in [0.5, 0.6) is 17.2 Å². The number of alkyl carbamates (subject to hydrolysis) is 1. The summed E-state index contributed by atoms with van der Waals surface area (Å²) in [5.74, 6) is 0.502. The maximum absolute atomic E-state index is 12.4. The monoisotopic (exact) mass is 518 g/mol. The van der Waals surface area contributed by atoms with Crippen LogP contribution in [0.1, 0.15) is 41.6 Å². The highest BCUT2D eigenvalue weighted by Crippen LogP contribution is 2.28. The second kappa shape index (κ2) is 12.6. The molecular formula is C29H30N2O7. The fourth-order valence-corrected chi connectivity index (χ4v) is 4.34. The lowest BCUT2D eigenvalue weighted by molar-refractivity contribution is -0.115. The summed E-state index contributed by atoms with van der Waals surface area (Å²) in [6.45, 7) is 0. The number of rotatable bonds is 9. The van der Waals surface area contributed by atoms with Crippen molar-refractivity contribution in [3.05, 3.63) is 83.9 Å². The zero-order chi connectivity index (χ0) is 26.9. The Morgan fingerprint density at radius 3 is 2.18 bits per heavy atom. The van der Waals surface area contributed by atoms with Crippen molar-refractivity contribution in [2.45, 2.75) is 44.2 Å². The summed E-state index contributed by atoms with van der Waals surface area (Å²) in [5.41, 5.74) is 1.06. The SMILES string of the molecule is COC(=O)N[C@H]1CCCC[C@@H]1Oc1ccc(Oc2ccc(CC(=O)Nc3ccccc3C(=O)O)cc2)cc1. The molecule has 9 nitrogen and oxygen atoms in total. The minimum atomic E-state index is -1.10. The van der Waals surface area contributed by atoms with E-state index in [0.29, 0.717) is 17.2 Å². The van der Waals surface area contributed by atoms with E-state index in [4.69, 9.17) is 14.2 Å². The zero-order valence-corrected chi connectivity index (χ0v) is 21.0. The maximum atomic E-state index is 12.4. The van der Waals surface area contributed by atoms with Gasteiger partial charge < -0.3 is 30.0 Å². The second-order valence-corrected chi connectivity index (χ2v) is 8.98. The Morgan fingerprint density at radius 2 is 1.50 bits per heavy atom. The number of benzene rings is 3. The predicted molar refractivity (Wildman–Crippen MR) is 141 cm³/mol. The second-order valence-electron chi connectivity index (χ2n) is 8.98. The highest BCUT2D eigenvalue weighted by Gasteiger charge is 2.28. The van der Waals surface area contributed by atoms with Gasteiger partial charge in [0.2, 0.25) is 5.91 Å². The molecule has 0 spiro atoms. The lowest BCUT2D eigenvalue weighted by Crippen LogP contribution is -2.47. The van der Waals surface area contributed by atoms with Gasteiger partial charge in [-0.15, -0.1) is 0 Å². The average molecular weight is 519 g/mol. The third kappa shape index (κ3) is 7.25. The summed E-state index contributed by atoms with van der Waals surface area (Å²) in [7, 11) is 1.35. The van der Waals surface area contributed by atoms with Crippen LogP contribution in [0.15, 0.2) is 72.8 Å². The van der Waals surface area contributed by atoms with Crippen LogP contribution in [-0.4, -0.2) is 42.3 Å². The molecule has 1 saturated carbocycles. The van der Waals surface area contributed by atoms with E-state index in [1.165, 1.54) is 13.2 Å². The van der Waals surface area contributed by atoms with Gasteiger partial charge in [-0.25, -0.2) is 9.59 Å². The lowest BCUT2D eigenvalue weighted by Gasteiger charge is -2.32. The largest absolute Gasteiger partial charge is 0.488 e. The predicted octanol–water partition coefficient (Wildman–Crippen LogP) is 5.40. The van der Waals surface area contributed by atoms with Crippen molar-refractivity contribution in [2.75, 3.05) is 12.4 Å². The van der Waals surface area contributed by atoms with Crippen molar-refractivity contribution in [3.8, 4) is 17.2 Å². The van der Waals surface area contributed by atoms with Gasteiger partial charge in [-0.2, -0.15) is 0 Å². The quantitative estimate of drug-likeness (QED) is 0.346. The van der Waals surface area contributed by atoms with E-state index in [2.05, 4.69) is 10.6 Å². The van der Waals surface area contributed by atoms with Gasteiger partial charge in [0, 0.05) is 0 Å². The van der Waals surface area contributed by atoms with E-state index in [9.17, 15) is 19.5 Å². The van der Waals surface area contributed by atoms with Crippen LogP contribution in [0, 0.1) is 0 Å². The third-order valence-corrected chi connectivity index (χ3v) is 6.26. The molecule has 3 aromatic carbocycles. The van der Waals surface area contributed by atoms with E-state index >= 15 is 0 Å². The third-order valence-electron chi connectivity index (χ3n) is 6.26. The van der Waals surface area contributed by atoms with Gasteiger partial charge in [-0.3, -0.25) is 4.79 Å². The first kappa shape index (κ1) is 26.5. The van der Waals surface area contributed by atoms with Gasteiger partial charge in [0.25, 0.3) is 0 Å². The van der Waals surface area contributed by atoms with Crippen molar-refractivity contribution < 1.29 is 33.7 Å². The number of carbonyl (C=O) groups is 3. The van der Waals surface area contributed by atoms with Gasteiger partial charge in [-0.05, 0) is 73.4 Å². The molecular weight excluding hydrogens is 488 g/mol. The first-order chi connectivity index (χ1) is 18.4. The number of aromatic carboxylic acids is 1. The number of hydrogen-bond acceptors (Lipinski definition) is 6. The van der Waals surface area contributed by atoms with Gasteiger partial charge in [0.15, 0.2) is 0 Å². The Kier molecular flexibility index (Phi) is 8.81. The summed E-state index contributed by atoms with van der Waals surface area (Å²) in [6.07, 6.45) is 3.27. The summed E-state index contributed by atoms with van der Waals surface area (Å²) in [5, 5.41) is 14.8. The van der Waals surface area contributed by atoms with Crippen LogP contribution in [0.2, 0.25) is 0 Å². The molecule has 0 radical (unpaired) electrons. The van der Waals surface area contributed by atoms with Crippen molar-refractivity contribution >= 4 is 23.7 Å².